The fourth-order valence-electron chi connectivity index (χ4n) is 4.44. The number of ketones is 1. The smallest absolute Gasteiger partial charge is 0.139 e. The molecule has 90 valence electrons. The van der Waals surface area contributed by atoms with Crippen LogP contribution in [0.5, 0.6) is 0 Å². The van der Waals surface area contributed by atoms with Crippen LogP contribution < -0.4 is 0 Å². The Hall–Kier alpha value is -0.370. The zero-order valence-electron chi connectivity index (χ0n) is 9.90. The monoisotopic (exact) mass is 222 g/mol. The van der Waals surface area contributed by atoms with Gasteiger partial charge >= 0.3 is 0 Å². The number of rotatable bonds is 0. The van der Waals surface area contributed by atoms with Crippen LogP contribution in [0, 0.1) is 23.7 Å². The van der Waals surface area contributed by atoms with Gasteiger partial charge in [-0.2, -0.15) is 0 Å². The van der Waals surface area contributed by atoms with Crippen LogP contribution in [0.2, 0.25) is 0 Å². The SMILES string of the molecule is O=C1C2CCCCC2C(O)C2CCCCC12. The summed E-state index contributed by atoms with van der Waals surface area (Å²) in [6.45, 7) is 0. The molecule has 3 aliphatic carbocycles. The molecule has 1 N–H and O–H groups in total. The van der Waals surface area contributed by atoms with Crippen LogP contribution in [0.3, 0.4) is 0 Å². The molecule has 3 rings (SSSR count). The summed E-state index contributed by atoms with van der Waals surface area (Å²) in [5.41, 5.74) is 0. The lowest BCUT2D eigenvalue weighted by molar-refractivity contribution is -0.149. The Kier molecular flexibility index (Phi) is 2.78. The third kappa shape index (κ3) is 1.54. The zero-order chi connectivity index (χ0) is 11.1. The minimum atomic E-state index is -0.173. The molecule has 4 unspecified atom stereocenters. The predicted octanol–water partition coefficient (Wildman–Crippen LogP) is 2.54. The van der Waals surface area contributed by atoms with Gasteiger partial charge in [0.1, 0.15) is 5.78 Å². The molecule has 0 aliphatic heterocycles. The van der Waals surface area contributed by atoms with Crippen molar-refractivity contribution in [1.82, 2.24) is 0 Å². The lowest BCUT2D eigenvalue weighted by atomic mass is 9.58. The molecule has 3 aliphatic rings. The topological polar surface area (TPSA) is 37.3 Å². The van der Waals surface area contributed by atoms with Crippen molar-refractivity contribution >= 4 is 5.78 Å². The van der Waals surface area contributed by atoms with Crippen LogP contribution in [0.4, 0.5) is 0 Å². The van der Waals surface area contributed by atoms with Crippen LogP contribution in [-0.4, -0.2) is 17.0 Å². The van der Waals surface area contributed by atoms with E-state index in [4.69, 9.17) is 0 Å². The minimum Gasteiger partial charge on any atom is -0.393 e. The average Bonchev–Trinajstić information content (AvgIpc) is 2.36. The molecule has 0 radical (unpaired) electrons. The first-order valence-corrected chi connectivity index (χ1v) is 7.01. The second-order valence-electron chi connectivity index (χ2n) is 6.00. The van der Waals surface area contributed by atoms with E-state index in [1.165, 1.54) is 25.7 Å². The molecular weight excluding hydrogens is 200 g/mol. The highest BCUT2D eigenvalue weighted by Gasteiger charge is 2.49. The Bertz CT molecular complexity index is 260. The van der Waals surface area contributed by atoms with Crippen molar-refractivity contribution < 1.29 is 9.90 Å². The maximum Gasteiger partial charge on any atom is 0.139 e. The average molecular weight is 222 g/mol. The van der Waals surface area contributed by atoms with Gasteiger partial charge in [-0.1, -0.05) is 25.7 Å². The number of aliphatic hydroxyl groups is 1. The molecule has 0 aromatic rings. The fraction of sp³-hybridized carbons (Fsp3) is 0.929. The van der Waals surface area contributed by atoms with Crippen LogP contribution in [0.1, 0.15) is 51.4 Å². The summed E-state index contributed by atoms with van der Waals surface area (Å²) < 4.78 is 0. The van der Waals surface area contributed by atoms with E-state index in [0.29, 0.717) is 17.6 Å². The quantitative estimate of drug-likeness (QED) is 0.684. The van der Waals surface area contributed by atoms with Gasteiger partial charge < -0.3 is 5.11 Å². The summed E-state index contributed by atoms with van der Waals surface area (Å²) in [7, 11) is 0. The Balaban J connectivity index is 1.86. The number of hydrogen-bond acceptors (Lipinski definition) is 2. The summed E-state index contributed by atoms with van der Waals surface area (Å²) in [5, 5.41) is 10.5. The van der Waals surface area contributed by atoms with Crippen LogP contribution in [0.25, 0.3) is 0 Å². The standard InChI is InChI=1S/C14H22O2/c15-13-9-5-1-2-6-10(9)14(16)12-8-4-3-7-11(12)13/h9-13,15H,1-8H2. The summed E-state index contributed by atoms with van der Waals surface area (Å²) in [5.74, 6) is 1.55. The van der Waals surface area contributed by atoms with E-state index in [2.05, 4.69) is 0 Å². The van der Waals surface area contributed by atoms with Gasteiger partial charge in [-0.3, -0.25) is 4.79 Å². The van der Waals surface area contributed by atoms with Crippen LogP contribution in [-0.2, 0) is 4.79 Å². The largest absolute Gasteiger partial charge is 0.393 e. The van der Waals surface area contributed by atoms with E-state index in [9.17, 15) is 9.90 Å². The van der Waals surface area contributed by atoms with Crippen molar-refractivity contribution in [3.63, 3.8) is 0 Å². The van der Waals surface area contributed by atoms with Gasteiger partial charge in [-0.25, -0.2) is 0 Å². The third-order valence-corrected chi connectivity index (χ3v) is 5.25. The molecule has 0 aromatic heterocycles. The van der Waals surface area contributed by atoms with E-state index in [1.54, 1.807) is 0 Å². The van der Waals surface area contributed by atoms with Crippen molar-refractivity contribution in [2.75, 3.05) is 0 Å². The molecule has 0 amide bonds. The van der Waals surface area contributed by atoms with Gasteiger partial charge in [-0.15, -0.1) is 0 Å². The second-order valence-corrected chi connectivity index (χ2v) is 6.00. The van der Waals surface area contributed by atoms with Crippen molar-refractivity contribution in [2.24, 2.45) is 23.7 Å². The van der Waals surface area contributed by atoms with Crippen molar-refractivity contribution in [2.45, 2.75) is 57.5 Å². The summed E-state index contributed by atoms with van der Waals surface area (Å²) in [6.07, 6.45) is 8.89. The minimum absolute atomic E-state index is 0.173. The van der Waals surface area contributed by atoms with Gasteiger partial charge in [0, 0.05) is 11.8 Å². The first-order chi connectivity index (χ1) is 7.79. The fourth-order valence-corrected chi connectivity index (χ4v) is 4.44. The highest BCUT2D eigenvalue weighted by molar-refractivity contribution is 5.85. The third-order valence-electron chi connectivity index (χ3n) is 5.25. The molecule has 0 heterocycles. The van der Waals surface area contributed by atoms with E-state index in [1.807, 2.05) is 0 Å². The van der Waals surface area contributed by atoms with Gasteiger partial charge in [0.05, 0.1) is 6.10 Å². The normalized spacial score (nSPS) is 48.3. The molecule has 0 spiro atoms. The number of fused-ring (bicyclic) bond motifs is 2. The molecular formula is C14H22O2. The number of hydrogen-bond donors (Lipinski definition) is 1. The Morgan fingerprint density at radius 2 is 1.25 bits per heavy atom. The first kappa shape index (κ1) is 10.8. The summed E-state index contributed by atoms with van der Waals surface area (Å²) in [6, 6.07) is 0. The van der Waals surface area contributed by atoms with Crippen molar-refractivity contribution in [1.29, 1.82) is 0 Å². The molecule has 3 fully saturated rings. The van der Waals surface area contributed by atoms with E-state index >= 15 is 0 Å². The van der Waals surface area contributed by atoms with Gasteiger partial charge in [0.2, 0.25) is 0 Å². The van der Waals surface area contributed by atoms with Crippen LogP contribution >= 0.6 is 0 Å². The Morgan fingerprint density at radius 1 is 0.812 bits per heavy atom. The summed E-state index contributed by atoms with van der Waals surface area (Å²) in [4.78, 5) is 12.4. The Labute approximate surface area is 97.4 Å². The molecule has 2 nitrogen and oxygen atoms in total. The summed E-state index contributed by atoms with van der Waals surface area (Å²) >= 11 is 0. The second kappa shape index (κ2) is 4.14. The van der Waals surface area contributed by atoms with E-state index in [-0.39, 0.29) is 17.9 Å². The molecule has 4 atom stereocenters. The van der Waals surface area contributed by atoms with E-state index < -0.39 is 0 Å². The number of carbonyl (C=O) groups excluding carboxylic acids is 1. The molecule has 2 heteroatoms. The maximum absolute atomic E-state index is 12.4. The van der Waals surface area contributed by atoms with Gasteiger partial charge in [0.15, 0.2) is 0 Å². The zero-order valence-corrected chi connectivity index (χ0v) is 9.90. The highest BCUT2D eigenvalue weighted by atomic mass is 16.3. The molecule has 3 saturated carbocycles. The van der Waals surface area contributed by atoms with Crippen molar-refractivity contribution in [3.8, 4) is 0 Å². The molecule has 0 bridgehead atoms. The Morgan fingerprint density at radius 3 is 1.75 bits per heavy atom. The number of Topliss-reactive ketones (excluding diaryl/α,β-unsaturated/α-hetero) is 1. The lowest BCUT2D eigenvalue weighted by Crippen LogP contribution is -2.52. The lowest BCUT2D eigenvalue weighted by Gasteiger charge is -2.48. The van der Waals surface area contributed by atoms with Crippen LogP contribution in [0.15, 0.2) is 0 Å². The first-order valence-electron chi connectivity index (χ1n) is 7.01. The van der Waals surface area contributed by atoms with Crippen molar-refractivity contribution in [3.05, 3.63) is 0 Å². The molecule has 16 heavy (non-hydrogen) atoms. The maximum atomic E-state index is 12.4. The van der Waals surface area contributed by atoms with Gasteiger partial charge in [0.25, 0.3) is 0 Å². The molecule has 0 aromatic carbocycles. The van der Waals surface area contributed by atoms with Gasteiger partial charge in [-0.05, 0) is 37.5 Å². The highest BCUT2D eigenvalue weighted by Crippen LogP contribution is 2.48. The van der Waals surface area contributed by atoms with E-state index in [0.717, 1.165) is 25.7 Å². The predicted molar refractivity (Wildman–Crippen MR) is 61.9 cm³/mol. The number of aliphatic hydroxyl groups excluding tert-OH is 1. The molecule has 0 saturated heterocycles. The number of carbonyl (C=O) groups is 1.